The standard InChI is InChI=1S/C13H19ClN4S/c1-7-12(14)11(17-16-7)6-18(5)8(2)13-9(3)19-10(4)15-13/h8H,6H2,1-5H3,(H,16,17). The number of H-pyrrole nitrogens is 1. The number of halogens is 1. The zero-order valence-corrected chi connectivity index (χ0v) is 13.5. The predicted molar refractivity (Wildman–Crippen MR) is 79.8 cm³/mol. The van der Waals surface area contributed by atoms with Crippen molar-refractivity contribution in [3.63, 3.8) is 0 Å². The molecule has 2 aromatic rings. The summed E-state index contributed by atoms with van der Waals surface area (Å²) in [6.45, 7) is 8.96. The second-order valence-corrected chi connectivity index (χ2v) is 6.66. The summed E-state index contributed by atoms with van der Waals surface area (Å²) in [6, 6.07) is 0.248. The number of aryl methyl sites for hydroxylation is 3. The van der Waals surface area contributed by atoms with Gasteiger partial charge in [0.15, 0.2) is 0 Å². The SMILES string of the molecule is Cc1nc(C(C)N(C)Cc2n[nH]c(C)c2Cl)c(C)s1. The molecule has 2 aromatic heterocycles. The summed E-state index contributed by atoms with van der Waals surface area (Å²) < 4.78 is 0. The molecule has 0 saturated heterocycles. The number of thiazole rings is 1. The second-order valence-electron chi connectivity index (χ2n) is 4.87. The molecule has 1 unspecified atom stereocenters. The number of aromatic amines is 1. The van der Waals surface area contributed by atoms with Crippen molar-refractivity contribution in [3.05, 3.63) is 32.0 Å². The highest BCUT2D eigenvalue weighted by Gasteiger charge is 2.19. The van der Waals surface area contributed by atoms with E-state index in [1.165, 1.54) is 4.88 Å². The zero-order chi connectivity index (χ0) is 14.2. The summed E-state index contributed by atoms with van der Waals surface area (Å²) in [5.41, 5.74) is 2.95. The van der Waals surface area contributed by atoms with Crippen LogP contribution in [0.2, 0.25) is 5.02 Å². The Kier molecular flexibility index (Phi) is 4.28. The van der Waals surface area contributed by atoms with E-state index in [2.05, 4.69) is 41.0 Å². The van der Waals surface area contributed by atoms with Gasteiger partial charge in [-0.25, -0.2) is 4.98 Å². The molecule has 0 amide bonds. The Labute approximate surface area is 122 Å². The van der Waals surface area contributed by atoms with E-state index in [1.54, 1.807) is 11.3 Å². The molecule has 0 radical (unpaired) electrons. The molecule has 19 heavy (non-hydrogen) atoms. The fourth-order valence-corrected chi connectivity index (χ4v) is 3.14. The molecule has 104 valence electrons. The molecule has 0 bridgehead atoms. The van der Waals surface area contributed by atoms with Crippen LogP contribution in [0.25, 0.3) is 0 Å². The Morgan fingerprint density at radius 2 is 2.05 bits per heavy atom. The average Bonchev–Trinajstić information content (AvgIpc) is 2.84. The number of nitrogens with one attached hydrogen (secondary N) is 1. The molecular formula is C13H19ClN4S. The summed E-state index contributed by atoms with van der Waals surface area (Å²) in [5.74, 6) is 0. The van der Waals surface area contributed by atoms with E-state index in [1.807, 2.05) is 13.8 Å². The van der Waals surface area contributed by atoms with Gasteiger partial charge >= 0.3 is 0 Å². The fourth-order valence-electron chi connectivity index (χ4n) is 2.09. The third-order valence-corrected chi connectivity index (χ3v) is 4.74. The van der Waals surface area contributed by atoms with Crippen molar-refractivity contribution in [3.8, 4) is 0 Å². The average molecular weight is 299 g/mol. The van der Waals surface area contributed by atoms with Gasteiger partial charge < -0.3 is 0 Å². The van der Waals surface area contributed by atoms with Crippen molar-refractivity contribution >= 4 is 22.9 Å². The molecule has 6 heteroatoms. The summed E-state index contributed by atoms with van der Waals surface area (Å²) in [6.07, 6.45) is 0. The topological polar surface area (TPSA) is 44.8 Å². The summed E-state index contributed by atoms with van der Waals surface area (Å²) in [4.78, 5) is 8.11. The Morgan fingerprint density at radius 3 is 2.53 bits per heavy atom. The maximum atomic E-state index is 6.20. The number of hydrogen-bond acceptors (Lipinski definition) is 4. The summed E-state index contributed by atoms with van der Waals surface area (Å²) in [7, 11) is 2.07. The van der Waals surface area contributed by atoms with Crippen LogP contribution in [0, 0.1) is 20.8 Å². The van der Waals surface area contributed by atoms with Gasteiger partial charge in [-0.1, -0.05) is 11.6 Å². The van der Waals surface area contributed by atoms with E-state index in [4.69, 9.17) is 11.6 Å². The smallest absolute Gasteiger partial charge is 0.0951 e. The molecule has 1 N–H and O–H groups in total. The third-order valence-electron chi connectivity index (χ3n) is 3.34. The molecule has 2 rings (SSSR count). The highest BCUT2D eigenvalue weighted by atomic mass is 35.5. The minimum Gasteiger partial charge on any atom is -0.292 e. The van der Waals surface area contributed by atoms with Crippen molar-refractivity contribution in [2.75, 3.05) is 7.05 Å². The van der Waals surface area contributed by atoms with E-state index < -0.39 is 0 Å². The lowest BCUT2D eigenvalue weighted by Gasteiger charge is -2.23. The van der Waals surface area contributed by atoms with E-state index in [0.29, 0.717) is 6.54 Å². The van der Waals surface area contributed by atoms with Crippen LogP contribution < -0.4 is 0 Å². The van der Waals surface area contributed by atoms with Crippen LogP contribution in [0.3, 0.4) is 0 Å². The normalized spacial score (nSPS) is 13.2. The quantitative estimate of drug-likeness (QED) is 0.937. The van der Waals surface area contributed by atoms with Gasteiger partial charge in [0.25, 0.3) is 0 Å². The lowest BCUT2D eigenvalue weighted by Crippen LogP contribution is -2.23. The molecule has 0 aliphatic rings. The monoisotopic (exact) mass is 298 g/mol. The number of rotatable bonds is 4. The van der Waals surface area contributed by atoms with Crippen molar-refractivity contribution < 1.29 is 0 Å². The van der Waals surface area contributed by atoms with E-state index in [-0.39, 0.29) is 6.04 Å². The number of nitrogens with zero attached hydrogens (tertiary/aromatic N) is 3. The summed E-state index contributed by atoms with van der Waals surface area (Å²) in [5, 5.41) is 9.00. The van der Waals surface area contributed by atoms with Crippen LogP contribution in [0.4, 0.5) is 0 Å². The molecule has 0 saturated carbocycles. The highest BCUT2D eigenvalue weighted by molar-refractivity contribution is 7.11. The van der Waals surface area contributed by atoms with E-state index >= 15 is 0 Å². The van der Waals surface area contributed by atoms with Crippen molar-refractivity contribution in [2.24, 2.45) is 0 Å². The van der Waals surface area contributed by atoms with Gasteiger partial charge in [-0.3, -0.25) is 10.00 Å². The Bertz CT molecular complexity index is 575. The first-order valence-corrected chi connectivity index (χ1v) is 7.43. The molecule has 4 nitrogen and oxygen atoms in total. The maximum absolute atomic E-state index is 6.20. The minimum absolute atomic E-state index is 0.248. The van der Waals surface area contributed by atoms with E-state index in [9.17, 15) is 0 Å². The number of hydrogen-bond donors (Lipinski definition) is 1. The van der Waals surface area contributed by atoms with Crippen LogP contribution in [0.15, 0.2) is 0 Å². The molecule has 0 fully saturated rings. The molecule has 0 aliphatic carbocycles. The van der Waals surface area contributed by atoms with E-state index in [0.717, 1.165) is 27.1 Å². The first-order valence-electron chi connectivity index (χ1n) is 6.23. The van der Waals surface area contributed by atoms with Gasteiger partial charge in [0.05, 0.1) is 33.2 Å². The summed E-state index contributed by atoms with van der Waals surface area (Å²) >= 11 is 7.95. The maximum Gasteiger partial charge on any atom is 0.0951 e. The molecule has 2 heterocycles. The first kappa shape index (κ1) is 14.5. The van der Waals surface area contributed by atoms with Crippen LogP contribution in [0.5, 0.6) is 0 Å². The largest absolute Gasteiger partial charge is 0.292 e. The van der Waals surface area contributed by atoms with Gasteiger partial charge in [-0.05, 0) is 34.7 Å². The van der Waals surface area contributed by atoms with Crippen LogP contribution in [-0.4, -0.2) is 27.1 Å². The highest BCUT2D eigenvalue weighted by Crippen LogP contribution is 2.28. The lowest BCUT2D eigenvalue weighted by molar-refractivity contribution is 0.245. The molecule has 0 aromatic carbocycles. The van der Waals surface area contributed by atoms with Crippen molar-refractivity contribution in [2.45, 2.75) is 40.3 Å². The number of aromatic nitrogens is 3. The van der Waals surface area contributed by atoms with Gasteiger partial charge in [0.1, 0.15) is 0 Å². The fraction of sp³-hybridized carbons (Fsp3) is 0.538. The van der Waals surface area contributed by atoms with Crippen LogP contribution >= 0.6 is 22.9 Å². The Hall–Kier alpha value is -0.910. The zero-order valence-electron chi connectivity index (χ0n) is 11.9. The molecule has 0 spiro atoms. The minimum atomic E-state index is 0.248. The van der Waals surface area contributed by atoms with Crippen molar-refractivity contribution in [1.29, 1.82) is 0 Å². The third kappa shape index (κ3) is 2.99. The predicted octanol–water partition coefficient (Wildman–Crippen LogP) is 3.64. The van der Waals surface area contributed by atoms with Gasteiger partial charge in [0, 0.05) is 11.4 Å². The van der Waals surface area contributed by atoms with Gasteiger partial charge in [0.2, 0.25) is 0 Å². The molecule has 1 atom stereocenters. The molecule has 0 aliphatic heterocycles. The van der Waals surface area contributed by atoms with Crippen LogP contribution in [0.1, 0.15) is 39.9 Å². The first-order chi connectivity index (χ1) is 8.90. The molecular weight excluding hydrogens is 280 g/mol. The Balaban J connectivity index is 2.13. The Morgan fingerprint density at radius 1 is 1.37 bits per heavy atom. The van der Waals surface area contributed by atoms with Crippen LogP contribution in [-0.2, 0) is 6.54 Å². The van der Waals surface area contributed by atoms with Crippen molar-refractivity contribution in [1.82, 2.24) is 20.1 Å². The van der Waals surface area contributed by atoms with Gasteiger partial charge in [-0.2, -0.15) is 5.10 Å². The lowest BCUT2D eigenvalue weighted by atomic mass is 10.2. The van der Waals surface area contributed by atoms with Gasteiger partial charge in [-0.15, -0.1) is 11.3 Å². The second kappa shape index (κ2) is 5.61.